The van der Waals surface area contributed by atoms with Crippen LogP contribution in [0, 0.1) is 0 Å². The third-order valence-electron chi connectivity index (χ3n) is 6.95. The Bertz CT molecular complexity index is 385. The summed E-state index contributed by atoms with van der Waals surface area (Å²) in [6, 6.07) is 0. The molecule has 0 rings (SSSR count). The molecule has 1 atom stereocenters. The fourth-order valence-electron chi connectivity index (χ4n) is 4.60. The molecule has 3 heteroatoms. The summed E-state index contributed by atoms with van der Waals surface area (Å²) in [4.78, 5) is 12.0. The van der Waals surface area contributed by atoms with Crippen LogP contribution in [-0.4, -0.2) is 23.7 Å². The van der Waals surface area contributed by atoms with Crippen LogP contribution in [0.2, 0.25) is 0 Å². The Morgan fingerprint density at radius 3 is 1.33 bits per heavy atom. The zero-order valence-corrected chi connectivity index (χ0v) is 22.8. The third-order valence-corrected chi connectivity index (χ3v) is 6.95. The number of carbonyl (C=O) groups is 1. The molecule has 0 spiro atoms. The molecule has 1 unspecified atom stereocenters. The van der Waals surface area contributed by atoms with E-state index in [9.17, 15) is 9.90 Å². The van der Waals surface area contributed by atoms with Crippen molar-refractivity contribution in [3.05, 3.63) is 0 Å². The van der Waals surface area contributed by atoms with Crippen LogP contribution in [0.25, 0.3) is 0 Å². The number of nitrogens with one attached hydrogen (secondary N) is 1. The van der Waals surface area contributed by atoms with E-state index in [0.717, 1.165) is 19.3 Å². The van der Waals surface area contributed by atoms with Gasteiger partial charge in [0.25, 0.3) is 0 Å². The highest BCUT2D eigenvalue weighted by Gasteiger charge is 2.06. The standard InChI is InChI=1S/C30H61NO2/c1-3-5-7-9-11-13-15-17-19-21-23-25-29(32)27-28-31-30(33)26-24-22-20-18-16-14-12-10-8-6-4-2/h29,32H,3-28H2,1-2H3,(H,31,33). The van der Waals surface area contributed by atoms with Crippen LogP contribution in [0.15, 0.2) is 0 Å². The minimum atomic E-state index is -0.258. The van der Waals surface area contributed by atoms with Gasteiger partial charge in [0.15, 0.2) is 0 Å². The Kier molecular flexibility index (Phi) is 27.2. The zero-order valence-electron chi connectivity index (χ0n) is 22.8. The Morgan fingerprint density at radius 1 is 0.545 bits per heavy atom. The second-order valence-corrected chi connectivity index (χ2v) is 10.4. The number of hydrogen-bond donors (Lipinski definition) is 2. The Labute approximate surface area is 208 Å². The average molecular weight is 468 g/mol. The maximum atomic E-state index is 12.0. The van der Waals surface area contributed by atoms with Gasteiger partial charge in [0.2, 0.25) is 5.91 Å². The van der Waals surface area contributed by atoms with Crippen molar-refractivity contribution in [3.8, 4) is 0 Å². The maximum Gasteiger partial charge on any atom is 0.219 e. The van der Waals surface area contributed by atoms with E-state index in [-0.39, 0.29) is 12.0 Å². The summed E-state index contributed by atoms with van der Waals surface area (Å²) in [5.74, 6) is 0.160. The van der Waals surface area contributed by atoms with E-state index in [0.29, 0.717) is 19.4 Å². The average Bonchev–Trinajstić information content (AvgIpc) is 2.81. The first-order chi connectivity index (χ1) is 16.2. The van der Waals surface area contributed by atoms with E-state index in [1.54, 1.807) is 0 Å². The normalized spacial score (nSPS) is 12.2. The third kappa shape index (κ3) is 27.6. The molecule has 0 saturated heterocycles. The Balaban J connectivity index is 3.28. The van der Waals surface area contributed by atoms with Gasteiger partial charge in [0, 0.05) is 13.0 Å². The number of amides is 1. The summed E-state index contributed by atoms with van der Waals surface area (Å²) in [7, 11) is 0. The van der Waals surface area contributed by atoms with Gasteiger partial charge in [-0.25, -0.2) is 0 Å². The lowest BCUT2D eigenvalue weighted by Crippen LogP contribution is -2.26. The van der Waals surface area contributed by atoms with Crippen molar-refractivity contribution in [1.29, 1.82) is 0 Å². The lowest BCUT2D eigenvalue weighted by Gasteiger charge is -2.11. The molecule has 0 saturated carbocycles. The van der Waals surface area contributed by atoms with Gasteiger partial charge in [0.1, 0.15) is 0 Å². The maximum absolute atomic E-state index is 12.0. The second-order valence-electron chi connectivity index (χ2n) is 10.4. The zero-order chi connectivity index (χ0) is 24.2. The van der Waals surface area contributed by atoms with Crippen LogP contribution in [0.3, 0.4) is 0 Å². The molecule has 0 aliphatic heterocycles. The molecule has 0 aromatic rings. The molecule has 3 nitrogen and oxygen atoms in total. The number of unbranched alkanes of at least 4 members (excludes halogenated alkanes) is 20. The smallest absolute Gasteiger partial charge is 0.219 e. The summed E-state index contributed by atoms with van der Waals surface area (Å²) in [6.07, 6.45) is 31.1. The van der Waals surface area contributed by atoms with Crippen LogP contribution in [0.1, 0.15) is 174 Å². The highest BCUT2D eigenvalue weighted by molar-refractivity contribution is 5.75. The van der Waals surface area contributed by atoms with E-state index in [1.165, 1.54) is 128 Å². The summed E-state index contributed by atoms with van der Waals surface area (Å²) in [6.45, 7) is 5.16. The SMILES string of the molecule is CCCCCCCCCCCCCC(=O)NCCC(O)CCCCCCCCCCCCC. The summed E-state index contributed by atoms with van der Waals surface area (Å²) >= 11 is 0. The van der Waals surface area contributed by atoms with Crippen LogP contribution in [0.5, 0.6) is 0 Å². The fraction of sp³-hybridized carbons (Fsp3) is 0.967. The first kappa shape index (κ1) is 32.4. The number of aliphatic hydroxyl groups excluding tert-OH is 1. The van der Waals surface area contributed by atoms with Crippen molar-refractivity contribution in [3.63, 3.8) is 0 Å². The van der Waals surface area contributed by atoms with Gasteiger partial charge >= 0.3 is 0 Å². The number of hydrogen-bond acceptors (Lipinski definition) is 2. The minimum absolute atomic E-state index is 0.160. The molecular weight excluding hydrogens is 406 g/mol. The van der Waals surface area contributed by atoms with Crippen LogP contribution < -0.4 is 5.32 Å². The molecule has 0 heterocycles. The Hall–Kier alpha value is -0.570. The molecule has 0 aromatic carbocycles. The number of rotatable bonds is 27. The van der Waals surface area contributed by atoms with Gasteiger partial charge in [-0.15, -0.1) is 0 Å². The van der Waals surface area contributed by atoms with Crippen molar-refractivity contribution < 1.29 is 9.90 Å². The van der Waals surface area contributed by atoms with Crippen molar-refractivity contribution in [1.82, 2.24) is 5.32 Å². The fourth-order valence-corrected chi connectivity index (χ4v) is 4.60. The highest BCUT2D eigenvalue weighted by atomic mass is 16.3. The first-order valence-electron chi connectivity index (χ1n) is 15.2. The molecule has 2 N–H and O–H groups in total. The summed E-state index contributed by atoms with van der Waals surface area (Å²) in [5.41, 5.74) is 0. The largest absolute Gasteiger partial charge is 0.393 e. The van der Waals surface area contributed by atoms with Gasteiger partial charge in [-0.2, -0.15) is 0 Å². The molecule has 0 aliphatic carbocycles. The molecule has 0 bridgehead atoms. The second kappa shape index (κ2) is 27.7. The van der Waals surface area contributed by atoms with Crippen molar-refractivity contribution >= 4 is 5.91 Å². The predicted octanol–water partition coefficient (Wildman–Crippen LogP) is 9.26. The minimum Gasteiger partial charge on any atom is -0.393 e. The molecule has 198 valence electrons. The molecule has 1 amide bonds. The topological polar surface area (TPSA) is 49.3 Å². The van der Waals surface area contributed by atoms with E-state index in [2.05, 4.69) is 19.2 Å². The molecule has 33 heavy (non-hydrogen) atoms. The molecule has 0 aromatic heterocycles. The van der Waals surface area contributed by atoms with Gasteiger partial charge in [-0.05, 0) is 19.3 Å². The molecule has 0 fully saturated rings. The van der Waals surface area contributed by atoms with E-state index in [4.69, 9.17) is 0 Å². The van der Waals surface area contributed by atoms with E-state index < -0.39 is 0 Å². The lowest BCUT2D eigenvalue weighted by atomic mass is 10.0. The predicted molar refractivity (Wildman–Crippen MR) is 146 cm³/mol. The quantitative estimate of drug-likeness (QED) is 0.118. The van der Waals surface area contributed by atoms with E-state index >= 15 is 0 Å². The van der Waals surface area contributed by atoms with Gasteiger partial charge in [0.05, 0.1) is 6.10 Å². The number of aliphatic hydroxyl groups is 1. The highest BCUT2D eigenvalue weighted by Crippen LogP contribution is 2.14. The van der Waals surface area contributed by atoms with Crippen LogP contribution in [0.4, 0.5) is 0 Å². The van der Waals surface area contributed by atoms with Crippen LogP contribution >= 0.6 is 0 Å². The van der Waals surface area contributed by atoms with E-state index in [1.807, 2.05) is 0 Å². The number of carbonyl (C=O) groups excluding carboxylic acids is 1. The Morgan fingerprint density at radius 2 is 0.909 bits per heavy atom. The molecular formula is C30H61NO2. The van der Waals surface area contributed by atoms with Gasteiger partial charge in [-0.3, -0.25) is 4.79 Å². The monoisotopic (exact) mass is 467 g/mol. The summed E-state index contributed by atoms with van der Waals surface area (Å²) in [5, 5.41) is 13.1. The molecule has 0 radical (unpaired) electrons. The summed E-state index contributed by atoms with van der Waals surface area (Å²) < 4.78 is 0. The van der Waals surface area contributed by atoms with Crippen molar-refractivity contribution in [2.45, 2.75) is 180 Å². The van der Waals surface area contributed by atoms with Gasteiger partial charge < -0.3 is 10.4 Å². The first-order valence-corrected chi connectivity index (χ1v) is 15.2. The molecule has 0 aliphatic rings. The van der Waals surface area contributed by atoms with Crippen LogP contribution in [-0.2, 0) is 4.79 Å². The lowest BCUT2D eigenvalue weighted by molar-refractivity contribution is -0.121. The van der Waals surface area contributed by atoms with Crippen molar-refractivity contribution in [2.24, 2.45) is 0 Å². The van der Waals surface area contributed by atoms with Crippen molar-refractivity contribution in [2.75, 3.05) is 6.54 Å². The van der Waals surface area contributed by atoms with Gasteiger partial charge in [-0.1, -0.05) is 149 Å².